The SMILES string of the molecule is NC1(C(=O)c2noc3ccccc23)C=CC=CC1. The van der Waals surface area contributed by atoms with Gasteiger partial charge in [0.2, 0.25) is 5.78 Å². The second-order valence-electron chi connectivity index (χ2n) is 4.39. The van der Waals surface area contributed by atoms with Crippen LogP contribution in [0.4, 0.5) is 0 Å². The zero-order valence-electron chi connectivity index (χ0n) is 9.67. The molecule has 0 radical (unpaired) electrons. The van der Waals surface area contributed by atoms with Crippen LogP contribution in [-0.4, -0.2) is 16.5 Å². The van der Waals surface area contributed by atoms with Gasteiger partial charge in [0, 0.05) is 0 Å². The monoisotopic (exact) mass is 240 g/mol. The van der Waals surface area contributed by atoms with Crippen LogP contribution in [0.3, 0.4) is 0 Å². The van der Waals surface area contributed by atoms with Crippen LogP contribution in [0, 0.1) is 0 Å². The molecule has 4 nitrogen and oxygen atoms in total. The van der Waals surface area contributed by atoms with E-state index in [2.05, 4.69) is 5.16 Å². The molecule has 1 heterocycles. The lowest BCUT2D eigenvalue weighted by atomic mass is 9.86. The van der Waals surface area contributed by atoms with E-state index in [-0.39, 0.29) is 5.78 Å². The highest BCUT2D eigenvalue weighted by molar-refractivity contribution is 6.11. The molecule has 0 amide bonds. The molecule has 2 aromatic rings. The highest BCUT2D eigenvalue weighted by Crippen LogP contribution is 2.25. The summed E-state index contributed by atoms with van der Waals surface area (Å²) < 4.78 is 5.14. The molecule has 3 rings (SSSR count). The lowest BCUT2D eigenvalue weighted by Gasteiger charge is -2.23. The van der Waals surface area contributed by atoms with Crippen LogP contribution < -0.4 is 5.73 Å². The number of nitrogens with zero attached hydrogens (tertiary/aromatic N) is 1. The summed E-state index contributed by atoms with van der Waals surface area (Å²) in [7, 11) is 0. The largest absolute Gasteiger partial charge is 0.356 e. The van der Waals surface area contributed by atoms with Crippen molar-refractivity contribution in [2.24, 2.45) is 5.73 Å². The third-order valence-corrected chi connectivity index (χ3v) is 3.11. The highest BCUT2D eigenvalue weighted by Gasteiger charge is 2.34. The first kappa shape index (κ1) is 10.9. The second-order valence-corrected chi connectivity index (χ2v) is 4.39. The van der Waals surface area contributed by atoms with Gasteiger partial charge in [-0.3, -0.25) is 4.79 Å². The molecule has 2 N–H and O–H groups in total. The van der Waals surface area contributed by atoms with Gasteiger partial charge in [-0.15, -0.1) is 0 Å². The van der Waals surface area contributed by atoms with Crippen molar-refractivity contribution in [2.45, 2.75) is 12.0 Å². The van der Waals surface area contributed by atoms with Crippen LogP contribution in [-0.2, 0) is 0 Å². The number of carbonyl (C=O) groups excluding carboxylic acids is 1. The molecule has 0 bridgehead atoms. The normalized spacial score (nSPS) is 22.5. The summed E-state index contributed by atoms with van der Waals surface area (Å²) in [4.78, 5) is 12.5. The van der Waals surface area contributed by atoms with E-state index in [9.17, 15) is 4.79 Å². The van der Waals surface area contributed by atoms with Gasteiger partial charge in [0.05, 0.1) is 5.39 Å². The minimum absolute atomic E-state index is 0.215. The van der Waals surface area contributed by atoms with Gasteiger partial charge in [-0.05, 0) is 18.6 Å². The van der Waals surface area contributed by atoms with Crippen LogP contribution in [0.15, 0.2) is 53.1 Å². The van der Waals surface area contributed by atoms with Gasteiger partial charge in [-0.1, -0.05) is 41.6 Å². The van der Waals surface area contributed by atoms with Crippen LogP contribution in [0.5, 0.6) is 0 Å². The molecule has 18 heavy (non-hydrogen) atoms. The number of benzene rings is 1. The van der Waals surface area contributed by atoms with Crippen molar-refractivity contribution < 1.29 is 9.32 Å². The minimum Gasteiger partial charge on any atom is -0.356 e. The number of Topliss-reactive ketones (excluding diaryl/α,β-unsaturated/α-hetero) is 1. The van der Waals surface area contributed by atoms with Gasteiger partial charge in [0.25, 0.3) is 0 Å². The number of ketones is 1. The van der Waals surface area contributed by atoms with E-state index >= 15 is 0 Å². The van der Waals surface area contributed by atoms with Crippen molar-refractivity contribution in [1.82, 2.24) is 5.16 Å². The third kappa shape index (κ3) is 1.58. The molecule has 1 aliphatic rings. The fraction of sp³-hybridized carbons (Fsp3) is 0.143. The van der Waals surface area contributed by atoms with E-state index in [1.54, 1.807) is 18.2 Å². The summed E-state index contributed by atoms with van der Waals surface area (Å²) in [6.07, 6.45) is 7.71. The predicted molar refractivity (Wildman–Crippen MR) is 68.2 cm³/mol. The number of aromatic nitrogens is 1. The molecule has 1 aromatic carbocycles. The lowest BCUT2D eigenvalue weighted by molar-refractivity contribution is 0.0914. The first-order valence-corrected chi connectivity index (χ1v) is 5.73. The van der Waals surface area contributed by atoms with Crippen LogP contribution >= 0.6 is 0 Å². The summed E-state index contributed by atoms with van der Waals surface area (Å²) in [5, 5.41) is 4.56. The van der Waals surface area contributed by atoms with Crippen LogP contribution in [0.2, 0.25) is 0 Å². The van der Waals surface area contributed by atoms with Crippen molar-refractivity contribution in [1.29, 1.82) is 0 Å². The van der Waals surface area contributed by atoms with E-state index in [4.69, 9.17) is 10.3 Å². The van der Waals surface area contributed by atoms with Crippen molar-refractivity contribution >= 4 is 16.8 Å². The Kier molecular flexibility index (Phi) is 2.38. The Morgan fingerprint density at radius 2 is 2.17 bits per heavy atom. The van der Waals surface area contributed by atoms with Gasteiger partial charge in [0.15, 0.2) is 11.3 Å². The number of fused-ring (bicyclic) bond motifs is 1. The van der Waals surface area contributed by atoms with Gasteiger partial charge in [-0.2, -0.15) is 0 Å². The molecule has 0 saturated heterocycles. The summed E-state index contributed by atoms with van der Waals surface area (Å²) in [6, 6.07) is 7.27. The molecule has 0 aliphatic heterocycles. The minimum atomic E-state index is -1.02. The van der Waals surface area contributed by atoms with Gasteiger partial charge in [0.1, 0.15) is 5.54 Å². The van der Waals surface area contributed by atoms with Gasteiger partial charge < -0.3 is 10.3 Å². The Bertz CT molecular complexity index is 669. The molecule has 0 saturated carbocycles. The zero-order valence-corrected chi connectivity index (χ0v) is 9.67. The number of rotatable bonds is 2. The summed E-state index contributed by atoms with van der Waals surface area (Å²) in [6.45, 7) is 0. The number of nitrogens with two attached hydrogens (primary N) is 1. The smallest absolute Gasteiger partial charge is 0.209 e. The fourth-order valence-electron chi connectivity index (χ4n) is 2.08. The molecule has 0 spiro atoms. The van der Waals surface area contributed by atoms with Crippen LogP contribution in [0.25, 0.3) is 11.0 Å². The molecule has 1 aliphatic carbocycles. The maximum atomic E-state index is 12.5. The Morgan fingerprint density at radius 1 is 1.33 bits per heavy atom. The van der Waals surface area contributed by atoms with Crippen molar-refractivity contribution in [2.75, 3.05) is 0 Å². The first-order valence-electron chi connectivity index (χ1n) is 5.73. The number of hydrogen-bond donors (Lipinski definition) is 1. The molecule has 0 fully saturated rings. The average Bonchev–Trinajstić information content (AvgIpc) is 2.82. The van der Waals surface area contributed by atoms with E-state index in [0.717, 1.165) is 0 Å². The highest BCUT2D eigenvalue weighted by atomic mass is 16.5. The van der Waals surface area contributed by atoms with Gasteiger partial charge >= 0.3 is 0 Å². The van der Waals surface area contributed by atoms with E-state index in [1.165, 1.54) is 0 Å². The Hall–Kier alpha value is -2.20. The van der Waals surface area contributed by atoms with Gasteiger partial charge in [-0.25, -0.2) is 0 Å². The number of hydrogen-bond acceptors (Lipinski definition) is 4. The van der Waals surface area contributed by atoms with Crippen molar-refractivity contribution in [3.05, 3.63) is 54.3 Å². The maximum absolute atomic E-state index is 12.5. The number of allylic oxidation sites excluding steroid dienone is 2. The number of para-hydroxylation sites is 1. The maximum Gasteiger partial charge on any atom is 0.209 e. The zero-order chi connectivity index (χ0) is 12.6. The second kappa shape index (κ2) is 3.92. The average molecular weight is 240 g/mol. The Balaban J connectivity index is 2.07. The number of carbonyl (C=O) groups is 1. The molecule has 1 atom stereocenters. The molecule has 90 valence electrons. The third-order valence-electron chi connectivity index (χ3n) is 3.11. The summed E-state index contributed by atoms with van der Waals surface area (Å²) >= 11 is 0. The molecular formula is C14H12N2O2. The predicted octanol–water partition coefficient (Wildman–Crippen LogP) is 2.22. The molecule has 1 aromatic heterocycles. The van der Waals surface area contributed by atoms with E-state index in [0.29, 0.717) is 23.1 Å². The fourth-order valence-corrected chi connectivity index (χ4v) is 2.08. The Labute approximate surface area is 104 Å². The quantitative estimate of drug-likeness (QED) is 0.817. The first-order chi connectivity index (χ1) is 8.71. The summed E-state index contributed by atoms with van der Waals surface area (Å²) in [5.74, 6) is -0.215. The molecule has 1 unspecified atom stereocenters. The standard InChI is InChI=1S/C14H12N2O2/c15-14(8-4-1-5-9-14)13(17)12-10-6-2-3-7-11(10)18-16-12/h1-8H,9,15H2. The molecular weight excluding hydrogens is 228 g/mol. The topological polar surface area (TPSA) is 69.1 Å². The molecule has 4 heteroatoms. The van der Waals surface area contributed by atoms with Crippen molar-refractivity contribution in [3.8, 4) is 0 Å². The van der Waals surface area contributed by atoms with Crippen LogP contribution in [0.1, 0.15) is 16.9 Å². The lowest BCUT2D eigenvalue weighted by Crippen LogP contribution is -2.46. The van der Waals surface area contributed by atoms with E-state index < -0.39 is 5.54 Å². The summed E-state index contributed by atoms with van der Waals surface area (Å²) in [5.41, 5.74) is 5.99. The Morgan fingerprint density at radius 3 is 2.94 bits per heavy atom. The van der Waals surface area contributed by atoms with E-state index in [1.807, 2.05) is 30.4 Å². The van der Waals surface area contributed by atoms with Crippen molar-refractivity contribution in [3.63, 3.8) is 0 Å².